The van der Waals surface area contributed by atoms with Crippen molar-refractivity contribution in [3.05, 3.63) is 46.6 Å². The number of hydrogen-bond acceptors (Lipinski definition) is 7. The van der Waals surface area contributed by atoms with Crippen molar-refractivity contribution in [3.8, 4) is 6.07 Å². The van der Waals surface area contributed by atoms with Gasteiger partial charge in [0.25, 0.3) is 11.8 Å². The van der Waals surface area contributed by atoms with Gasteiger partial charge in [0.2, 0.25) is 0 Å². The summed E-state index contributed by atoms with van der Waals surface area (Å²) in [4.78, 5) is 43.0. The van der Waals surface area contributed by atoms with Gasteiger partial charge < -0.3 is 26.0 Å². The zero-order chi connectivity index (χ0) is 24.9. The SMILES string of the molecule is N#Cc1ccc(NC(=O)C2CN(C(=O)Nc3cc(C(N)=O)c(NCC4CC4)cn3)CCO2)cc1Cl. The van der Waals surface area contributed by atoms with Crippen molar-refractivity contribution in [2.45, 2.75) is 18.9 Å². The smallest absolute Gasteiger partial charge is 0.323 e. The highest BCUT2D eigenvalue weighted by Gasteiger charge is 2.30. The second-order valence-electron chi connectivity index (χ2n) is 8.33. The average Bonchev–Trinajstić information content (AvgIpc) is 3.68. The largest absolute Gasteiger partial charge is 0.383 e. The average molecular weight is 498 g/mol. The molecule has 4 rings (SSSR count). The highest BCUT2D eigenvalue weighted by atomic mass is 35.5. The van der Waals surface area contributed by atoms with E-state index in [2.05, 4.69) is 20.9 Å². The quantitative estimate of drug-likeness (QED) is 0.456. The summed E-state index contributed by atoms with van der Waals surface area (Å²) in [7, 11) is 0. The maximum Gasteiger partial charge on any atom is 0.323 e. The van der Waals surface area contributed by atoms with Gasteiger partial charge >= 0.3 is 6.03 Å². The first-order valence-electron chi connectivity index (χ1n) is 11.1. The number of ether oxygens (including phenoxy) is 1. The van der Waals surface area contributed by atoms with Crippen LogP contribution in [0.25, 0.3) is 0 Å². The van der Waals surface area contributed by atoms with Crippen molar-refractivity contribution in [2.75, 3.05) is 42.2 Å². The third kappa shape index (κ3) is 6.17. The van der Waals surface area contributed by atoms with Crippen LogP contribution in [-0.4, -0.2) is 60.1 Å². The Morgan fingerprint density at radius 2 is 2.06 bits per heavy atom. The number of nitrogens with one attached hydrogen (secondary N) is 3. The van der Waals surface area contributed by atoms with Crippen LogP contribution in [-0.2, 0) is 9.53 Å². The van der Waals surface area contributed by atoms with Crippen molar-refractivity contribution in [1.29, 1.82) is 5.26 Å². The minimum absolute atomic E-state index is 0.00534. The lowest BCUT2D eigenvalue weighted by molar-refractivity contribution is -0.131. The number of anilines is 3. The van der Waals surface area contributed by atoms with Crippen molar-refractivity contribution in [2.24, 2.45) is 11.7 Å². The Morgan fingerprint density at radius 1 is 1.26 bits per heavy atom. The number of carbonyl (C=O) groups excluding carboxylic acids is 3. The molecule has 182 valence electrons. The first-order valence-corrected chi connectivity index (χ1v) is 11.4. The molecule has 1 aromatic heterocycles. The predicted octanol–water partition coefficient (Wildman–Crippen LogP) is 2.40. The molecule has 2 aliphatic rings. The number of urea groups is 1. The Balaban J connectivity index is 1.36. The number of amides is 4. The van der Waals surface area contributed by atoms with Crippen LogP contribution in [0.5, 0.6) is 0 Å². The molecule has 0 bridgehead atoms. The third-order valence-electron chi connectivity index (χ3n) is 5.69. The van der Waals surface area contributed by atoms with E-state index in [1.54, 1.807) is 6.07 Å². The standard InChI is InChI=1S/C23H24ClN7O4/c24-17-7-15(4-3-14(17)9-25)29-22(33)19-12-31(5-6-35-19)23(34)30-20-8-16(21(26)32)18(11-28-20)27-10-13-1-2-13/h3-4,7-8,11,13,19,27H,1-2,5-6,10,12H2,(H2,26,32)(H,29,33)(H,28,30,34). The van der Waals surface area contributed by atoms with Crippen LogP contribution in [0.15, 0.2) is 30.5 Å². The normalized spacial score (nSPS) is 17.3. The molecule has 12 heteroatoms. The molecule has 0 radical (unpaired) electrons. The number of benzene rings is 1. The number of carbonyl (C=O) groups is 3. The Hall–Kier alpha value is -3.88. The van der Waals surface area contributed by atoms with Gasteiger partial charge in [0.15, 0.2) is 6.10 Å². The van der Waals surface area contributed by atoms with E-state index >= 15 is 0 Å². The zero-order valence-corrected chi connectivity index (χ0v) is 19.5. The van der Waals surface area contributed by atoms with E-state index in [4.69, 9.17) is 27.3 Å². The van der Waals surface area contributed by atoms with Gasteiger partial charge in [-0.3, -0.25) is 14.9 Å². The molecule has 35 heavy (non-hydrogen) atoms. The molecule has 5 N–H and O–H groups in total. The number of nitrogens with zero attached hydrogens (tertiary/aromatic N) is 3. The van der Waals surface area contributed by atoms with Crippen LogP contribution in [0.4, 0.5) is 22.0 Å². The number of hydrogen-bond donors (Lipinski definition) is 4. The molecule has 1 aromatic carbocycles. The maximum absolute atomic E-state index is 12.8. The Morgan fingerprint density at radius 3 is 2.74 bits per heavy atom. The fourth-order valence-corrected chi connectivity index (χ4v) is 3.75. The summed E-state index contributed by atoms with van der Waals surface area (Å²) in [6.45, 7) is 1.16. The van der Waals surface area contributed by atoms with Gasteiger partial charge in [0.05, 0.1) is 41.2 Å². The summed E-state index contributed by atoms with van der Waals surface area (Å²) >= 11 is 6.01. The highest BCUT2D eigenvalue weighted by molar-refractivity contribution is 6.32. The van der Waals surface area contributed by atoms with Crippen LogP contribution in [0.2, 0.25) is 5.02 Å². The number of morpholine rings is 1. The number of aromatic nitrogens is 1. The third-order valence-corrected chi connectivity index (χ3v) is 6.00. The van der Waals surface area contributed by atoms with Crippen molar-refractivity contribution in [3.63, 3.8) is 0 Å². The second-order valence-corrected chi connectivity index (χ2v) is 8.74. The molecular formula is C23H24ClN7O4. The molecule has 1 unspecified atom stereocenters. The lowest BCUT2D eigenvalue weighted by Crippen LogP contribution is -2.51. The van der Waals surface area contributed by atoms with E-state index in [-0.39, 0.29) is 36.1 Å². The van der Waals surface area contributed by atoms with Gasteiger partial charge in [-0.15, -0.1) is 0 Å². The minimum Gasteiger partial charge on any atom is -0.383 e. The Kier molecular flexibility index (Phi) is 7.33. The molecule has 1 atom stereocenters. The predicted molar refractivity (Wildman–Crippen MR) is 129 cm³/mol. The topological polar surface area (TPSA) is 162 Å². The second kappa shape index (κ2) is 10.6. The zero-order valence-electron chi connectivity index (χ0n) is 18.7. The molecule has 4 amide bonds. The molecular weight excluding hydrogens is 474 g/mol. The van der Waals surface area contributed by atoms with Crippen LogP contribution in [0.1, 0.15) is 28.8 Å². The number of nitriles is 1. The van der Waals surface area contributed by atoms with Crippen LogP contribution in [0.3, 0.4) is 0 Å². The van der Waals surface area contributed by atoms with Crippen LogP contribution < -0.4 is 21.7 Å². The summed E-state index contributed by atoms with van der Waals surface area (Å²) in [5.74, 6) is -0.327. The van der Waals surface area contributed by atoms with E-state index in [1.165, 1.54) is 29.3 Å². The molecule has 1 saturated heterocycles. The van der Waals surface area contributed by atoms with Gasteiger partial charge in [0, 0.05) is 18.8 Å². The summed E-state index contributed by atoms with van der Waals surface area (Å²) in [5.41, 5.74) is 6.96. The number of halogens is 1. The van der Waals surface area contributed by atoms with Crippen LogP contribution in [0, 0.1) is 17.2 Å². The lowest BCUT2D eigenvalue weighted by Gasteiger charge is -2.32. The number of nitrogens with two attached hydrogens (primary N) is 1. The van der Waals surface area contributed by atoms with E-state index in [9.17, 15) is 14.4 Å². The molecule has 2 aromatic rings. The van der Waals surface area contributed by atoms with Gasteiger partial charge in [-0.2, -0.15) is 5.26 Å². The Labute approximate surface area is 206 Å². The fourth-order valence-electron chi connectivity index (χ4n) is 3.53. The van der Waals surface area contributed by atoms with E-state index in [0.29, 0.717) is 22.9 Å². The molecule has 2 heterocycles. The number of rotatable bonds is 7. The highest BCUT2D eigenvalue weighted by Crippen LogP contribution is 2.29. The van der Waals surface area contributed by atoms with E-state index < -0.39 is 23.9 Å². The first kappa shape index (κ1) is 24.3. The summed E-state index contributed by atoms with van der Waals surface area (Å²) in [6.07, 6.45) is 2.86. The van der Waals surface area contributed by atoms with Gasteiger partial charge in [-0.05, 0) is 43.0 Å². The van der Waals surface area contributed by atoms with E-state index in [1.807, 2.05) is 6.07 Å². The first-order chi connectivity index (χ1) is 16.8. The number of primary amides is 1. The van der Waals surface area contributed by atoms with E-state index in [0.717, 1.165) is 19.4 Å². The summed E-state index contributed by atoms with van der Waals surface area (Å²) in [6, 6.07) is 7.41. The Bertz CT molecular complexity index is 1190. The molecule has 1 aliphatic heterocycles. The molecule has 1 aliphatic carbocycles. The molecule has 0 spiro atoms. The van der Waals surface area contributed by atoms with Crippen LogP contribution >= 0.6 is 11.6 Å². The van der Waals surface area contributed by atoms with Gasteiger partial charge in [0.1, 0.15) is 11.9 Å². The molecule has 1 saturated carbocycles. The van der Waals surface area contributed by atoms with Gasteiger partial charge in [-0.1, -0.05) is 11.6 Å². The van der Waals surface area contributed by atoms with Crippen molar-refractivity contribution >= 4 is 46.6 Å². The molecule has 2 fully saturated rings. The van der Waals surface area contributed by atoms with Crippen molar-refractivity contribution in [1.82, 2.24) is 9.88 Å². The monoisotopic (exact) mass is 497 g/mol. The maximum atomic E-state index is 12.8. The lowest BCUT2D eigenvalue weighted by atomic mass is 10.2. The number of pyridine rings is 1. The summed E-state index contributed by atoms with van der Waals surface area (Å²) in [5, 5.41) is 17.7. The molecule has 11 nitrogen and oxygen atoms in total. The van der Waals surface area contributed by atoms with Crippen molar-refractivity contribution < 1.29 is 19.1 Å². The van der Waals surface area contributed by atoms with Gasteiger partial charge in [-0.25, -0.2) is 9.78 Å². The summed E-state index contributed by atoms with van der Waals surface area (Å²) < 4.78 is 5.53. The minimum atomic E-state index is -0.910. The fraction of sp³-hybridized carbons (Fsp3) is 0.348.